The second kappa shape index (κ2) is 67.8. The Morgan fingerprint density at radius 2 is 0.511 bits per heavy atom. The van der Waals surface area contributed by atoms with Crippen molar-refractivity contribution >= 4 is 23.8 Å². The summed E-state index contributed by atoms with van der Waals surface area (Å²) in [4.78, 5) is 56.4. The van der Waals surface area contributed by atoms with Crippen molar-refractivity contribution in [3.8, 4) is 0 Å². The molecule has 0 saturated carbocycles. The first-order valence-corrected chi connectivity index (χ1v) is 41.0. The monoisotopic (exact) mass is 1330 g/mol. The lowest BCUT2D eigenvalue weighted by atomic mass is 10.0. The van der Waals surface area contributed by atoms with Crippen molar-refractivity contribution in [2.24, 2.45) is 0 Å². The highest BCUT2D eigenvalue weighted by atomic mass is 16.5. The van der Waals surface area contributed by atoms with Crippen molar-refractivity contribution in [1.82, 2.24) is 20.4 Å². The minimum absolute atomic E-state index is 0.0348. The molecule has 94 heavy (non-hydrogen) atoms. The summed E-state index contributed by atoms with van der Waals surface area (Å²) in [5.41, 5.74) is 0. The van der Waals surface area contributed by atoms with E-state index in [1.165, 1.54) is 257 Å². The summed E-state index contributed by atoms with van der Waals surface area (Å²) >= 11 is 0. The molecule has 1 rings (SSSR count). The number of esters is 2. The van der Waals surface area contributed by atoms with E-state index in [4.69, 9.17) is 9.47 Å². The highest BCUT2D eigenvalue weighted by molar-refractivity contribution is 5.96. The Morgan fingerprint density at radius 1 is 0.319 bits per heavy atom. The molecule has 0 spiro atoms. The number of aliphatic hydroxyl groups excluding tert-OH is 4. The zero-order valence-corrected chi connectivity index (χ0v) is 62.3. The Morgan fingerprint density at radius 3 is 0.713 bits per heavy atom. The summed E-state index contributed by atoms with van der Waals surface area (Å²) in [6.07, 6.45) is 63.4. The molecule has 0 aromatic carbocycles. The minimum atomic E-state index is -0.859. The maximum atomic E-state index is 13.1. The minimum Gasteiger partial charge on any atom is -0.466 e. The topological polar surface area (TPSA) is 198 Å². The summed E-state index contributed by atoms with van der Waals surface area (Å²) in [5, 5.41) is 50.1. The summed E-state index contributed by atoms with van der Waals surface area (Å²) in [5.74, 6) is -1.55. The molecular formula is C80H156N4O10. The number of unbranched alkanes of at least 4 members (excludes halogenated alkanes) is 44. The molecule has 1 saturated heterocycles. The van der Waals surface area contributed by atoms with Gasteiger partial charge in [0, 0.05) is 51.9 Å². The van der Waals surface area contributed by atoms with Gasteiger partial charge in [0.15, 0.2) is 0 Å². The highest BCUT2D eigenvalue weighted by Gasteiger charge is 2.33. The predicted molar refractivity (Wildman–Crippen MR) is 393 cm³/mol. The van der Waals surface area contributed by atoms with E-state index < -0.39 is 48.4 Å². The van der Waals surface area contributed by atoms with E-state index in [0.29, 0.717) is 52.1 Å². The normalized spacial score (nSPS) is 15.6. The molecule has 0 bridgehead atoms. The van der Waals surface area contributed by atoms with Gasteiger partial charge in [-0.25, -0.2) is 0 Å². The van der Waals surface area contributed by atoms with E-state index >= 15 is 0 Å². The smallest absolute Gasteiger partial charge is 0.305 e. The maximum absolute atomic E-state index is 13.1. The molecule has 6 atom stereocenters. The summed E-state index contributed by atoms with van der Waals surface area (Å²) < 4.78 is 11.1. The first-order chi connectivity index (χ1) is 45.9. The first kappa shape index (κ1) is 89.7. The van der Waals surface area contributed by atoms with Crippen molar-refractivity contribution in [3.05, 3.63) is 0 Å². The molecule has 1 heterocycles. The molecule has 0 aromatic heterocycles. The molecule has 2 amide bonds. The van der Waals surface area contributed by atoms with Crippen LogP contribution in [0.5, 0.6) is 0 Å². The lowest BCUT2D eigenvalue weighted by molar-refractivity contribution is -0.147. The van der Waals surface area contributed by atoms with Crippen LogP contribution in [0.25, 0.3) is 0 Å². The van der Waals surface area contributed by atoms with Gasteiger partial charge in [0.1, 0.15) is 12.1 Å². The molecule has 556 valence electrons. The van der Waals surface area contributed by atoms with Crippen LogP contribution in [-0.4, -0.2) is 143 Å². The van der Waals surface area contributed by atoms with Crippen LogP contribution in [0.3, 0.4) is 0 Å². The summed E-state index contributed by atoms with van der Waals surface area (Å²) in [7, 11) is 0. The average Bonchev–Trinajstić information content (AvgIpc) is 0.953. The third-order valence-corrected chi connectivity index (χ3v) is 19.8. The van der Waals surface area contributed by atoms with E-state index in [1.807, 2.05) is 0 Å². The summed E-state index contributed by atoms with van der Waals surface area (Å²) in [6, 6.07) is -1.72. The van der Waals surface area contributed by atoms with E-state index in [1.54, 1.807) is 0 Å². The van der Waals surface area contributed by atoms with Gasteiger partial charge in [-0.3, -0.25) is 29.0 Å². The molecule has 1 aliphatic heterocycles. The highest BCUT2D eigenvalue weighted by Crippen LogP contribution is 2.20. The quantitative estimate of drug-likeness (QED) is 0.0249. The fourth-order valence-electron chi connectivity index (χ4n) is 13.7. The maximum Gasteiger partial charge on any atom is 0.305 e. The van der Waals surface area contributed by atoms with Gasteiger partial charge in [-0.2, -0.15) is 0 Å². The number of piperazine rings is 1. The van der Waals surface area contributed by atoms with Gasteiger partial charge < -0.3 is 40.5 Å². The number of nitrogens with zero attached hydrogens (tertiary/aromatic N) is 2. The van der Waals surface area contributed by atoms with Gasteiger partial charge >= 0.3 is 11.9 Å². The number of hydrogen-bond donors (Lipinski definition) is 6. The SMILES string of the molecule is CCCCCCCCCCCCCCC(O)CN(CCCC(=O)OCCC1NC(=O)C(CCOC(=O)CCCN(CC(O)CCCCCCCCCCCCCC)CC(O)CCCCCCCCCCCCCC)NC1=O)CC(O)CCCCCCCCCCCCCC. The largest absolute Gasteiger partial charge is 0.466 e. The molecule has 0 radical (unpaired) electrons. The third-order valence-electron chi connectivity index (χ3n) is 19.8. The standard InChI is InChI=1S/C80H156N4O10/c1-5-9-13-17-21-25-29-33-37-41-45-49-55-71(85)67-83(68-72(86)56-50-46-42-38-34-30-26-22-18-14-10-6-2)63-53-59-77(89)93-65-61-75-79(91)82-76(80(92)81-75)62-66-94-78(90)60-54-64-84(69-73(87)57-51-47-43-39-35-31-27-23-19-15-11-7-3)70-74(88)58-52-48-44-40-36-32-28-24-20-16-12-8-4/h71-76,85-88H,5-70H2,1-4H3,(H,81,92)(H,82,91). The Labute approximate surface area is 579 Å². The van der Waals surface area contributed by atoms with Gasteiger partial charge in [0.2, 0.25) is 11.8 Å². The van der Waals surface area contributed by atoms with Gasteiger partial charge in [0.25, 0.3) is 0 Å². The second-order valence-electron chi connectivity index (χ2n) is 29.2. The van der Waals surface area contributed by atoms with Crippen LogP contribution in [0.4, 0.5) is 0 Å². The number of amides is 2. The van der Waals surface area contributed by atoms with Crippen LogP contribution < -0.4 is 10.6 Å². The molecule has 1 fully saturated rings. The van der Waals surface area contributed by atoms with Gasteiger partial charge in [-0.05, 0) is 51.6 Å². The number of carbonyl (C=O) groups is 4. The van der Waals surface area contributed by atoms with Gasteiger partial charge in [-0.15, -0.1) is 0 Å². The molecule has 6 N–H and O–H groups in total. The number of aliphatic hydroxyl groups is 4. The Bertz CT molecular complexity index is 1490. The van der Waals surface area contributed by atoms with E-state index in [0.717, 1.165) is 77.0 Å². The fraction of sp³-hybridized carbons (Fsp3) is 0.950. The van der Waals surface area contributed by atoms with Crippen LogP contribution >= 0.6 is 0 Å². The molecule has 0 aromatic rings. The van der Waals surface area contributed by atoms with Crippen molar-refractivity contribution in [3.63, 3.8) is 0 Å². The lowest BCUT2D eigenvalue weighted by Gasteiger charge is -2.29. The third kappa shape index (κ3) is 58.6. The van der Waals surface area contributed by atoms with Crippen LogP contribution in [-0.2, 0) is 28.7 Å². The first-order valence-electron chi connectivity index (χ1n) is 41.0. The van der Waals surface area contributed by atoms with Crippen molar-refractivity contribution in [1.29, 1.82) is 0 Å². The van der Waals surface area contributed by atoms with Crippen molar-refractivity contribution in [2.75, 3.05) is 52.5 Å². The number of ether oxygens (including phenoxy) is 2. The number of nitrogens with one attached hydrogen (secondary N) is 2. The van der Waals surface area contributed by atoms with E-state index in [2.05, 4.69) is 48.1 Å². The summed E-state index contributed by atoms with van der Waals surface area (Å²) in [6.45, 7) is 11.9. The van der Waals surface area contributed by atoms with Crippen LogP contribution in [0, 0.1) is 0 Å². The predicted octanol–water partition coefficient (Wildman–Crippen LogP) is 18.8. The molecule has 6 unspecified atom stereocenters. The second-order valence-corrected chi connectivity index (χ2v) is 29.2. The van der Waals surface area contributed by atoms with Gasteiger partial charge in [-0.1, -0.05) is 336 Å². The zero-order chi connectivity index (χ0) is 68.4. The molecule has 14 heteroatoms. The molecule has 14 nitrogen and oxygen atoms in total. The molecular weight excluding hydrogens is 1180 g/mol. The molecule has 0 aliphatic carbocycles. The van der Waals surface area contributed by atoms with E-state index in [9.17, 15) is 39.6 Å². The van der Waals surface area contributed by atoms with Crippen LogP contribution in [0.1, 0.15) is 400 Å². The number of hydrogen-bond acceptors (Lipinski definition) is 12. The number of rotatable bonds is 74. The van der Waals surface area contributed by atoms with E-state index in [-0.39, 0.29) is 50.7 Å². The zero-order valence-electron chi connectivity index (χ0n) is 62.3. The lowest BCUT2D eigenvalue weighted by Crippen LogP contribution is -2.62. The Hall–Kier alpha value is -2.36. The number of carbonyl (C=O) groups excluding carboxylic acids is 4. The van der Waals surface area contributed by atoms with Crippen LogP contribution in [0.2, 0.25) is 0 Å². The van der Waals surface area contributed by atoms with Crippen molar-refractivity contribution in [2.45, 2.75) is 437 Å². The van der Waals surface area contributed by atoms with Crippen LogP contribution in [0.15, 0.2) is 0 Å². The Kier molecular flexibility index (Phi) is 64.7. The Balaban J connectivity index is 2.55. The van der Waals surface area contributed by atoms with Gasteiger partial charge in [0.05, 0.1) is 37.6 Å². The fourth-order valence-corrected chi connectivity index (χ4v) is 13.7. The molecule has 1 aliphatic rings. The average molecular weight is 1330 g/mol. The van der Waals surface area contributed by atoms with Crippen molar-refractivity contribution < 1.29 is 49.1 Å².